The number of rotatable bonds is 13. The molecule has 0 saturated carbocycles. The van der Waals surface area contributed by atoms with Crippen molar-refractivity contribution in [1.29, 1.82) is 0 Å². The molecule has 168 valence electrons. The number of imidazole rings is 1. The molecule has 0 aliphatic carbocycles. The molecule has 1 aromatic carbocycles. The van der Waals surface area contributed by atoms with Crippen LogP contribution >= 0.6 is 0 Å². The van der Waals surface area contributed by atoms with Crippen LogP contribution in [-0.2, 0) is 19.4 Å². The van der Waals surface area contributed by atoms with Gasteiger partial charge in [-0.15, -0.1) is 0 Å². The fourth-order valence-corrected chi connectivity index (χ4v) is 3.71. The Morgan fingerprint density at radius 2 is 1.77 bits per heavy atom. The molecular weight excluding hydrogens is 388 g/mol. The Morgan fingerprint density at radius 1 is 0.968 bits per heavy atom. The Balaban J connectivity index is 1.84. The maximum absolute atomic E-state index is 6.02. The number of nitrogens with two attached hydrogens (primary N) is 1. The molecule has 0 spiro atoms. The minimum absolute atomic E-state index is 0.215. The molecule has 2 N–H and O–H groups in total. The lowest BCUT2D eigenvalue weighted by Crippen LogP contribution is -2.13. The second-order valence-corrected chi connectivity index (χ2v) is 8.29. The summed E-state index contributed by atoms with van der Waals surface area (Å²) in [4.78, 5) is 15.9. The number of anilines is 1. The van der Waals surface area contributed by atoms with Gasteiger partial charge in [0, 0.05) is 13.0 Å². The second kappa shape index (κ2) is 11.6. The predicted molar refractivity (Wildman–Crippen MR) is 126 cm³/mol. The van der Waals surface area contributed by atoms with Crippen LogP contribution in [0.1, 0.15) is 50.4 Å². The topological polar surface area (TPSA) is 82.1 Å². The number of unbranched alkanes of at least 4 members (excludes halogenated alkanes) is 2. The van der Waals surface area contributed by atoms with Crippen LogP contribution in [0, 0.1) is 0 Å². The lowest BCUT2D eigenvalue weighted by molar-refractivity contribution is 0.300. The van der Waals surface area contributed by atoms with Crippen LogP contribution in [0.25, 0.3) is 11.2 Å². The third kappa shape index (κ3) is 6.66. The summed E-state index contributed by atoms with van der Waals surface area (Å²) in [6.07, 6.45) is 7.19. The molecule has 3 rings (SSSR count). The van der Waals surface area contributed by atoms with E-state index in [4.69, 9.17) is 15.5 Å². The standard InChI is InChI=1S/C24H36N6O/c1-4-5-18-31-23-21-22(27-24(25)28-23)26-20(15-9-10-16-29(2)3)30(21)17-11-14-19-12-7-6-8-13-19/h6-8,12-13H,4-5,9-11,14-18H2,1-3H3,(H2,25,27,28). The van der Waals surface area contributed by atoms with Gasteiger partial charge >= 0.3 is 0 Å². The fraction of sp³-hybridized carbons (Fsp3) is 0.542. The van der Waals surface area contributed by atoms with E-state index in [1.807, 2.05) is 0 Å². The van der Waals surface area contributed by atoms with Crippen LogP contribution in [-0.4, -0.2) is 51.7 Å². The van der Waals surface area contributed by atoms with Gasteiger partial charge in [0.25, 0.3) is 0 Å². The molecule has 0 aliphatic heterocycles. The Labute approximate surface area is 185 Å². The first-order valence-electron chi connectivity index (χ1n) is 11.4. The first kappa shape index (κ1) is 23.0. The first-order chi connectivity index (χ1) is 15.1. The maximum atomic E-state index is 6.02. The molecule has 7 nitrogen and oxygen atoms in total. The van der Waals surface area contributed by atoms with Gasteiger partial charge in [-0.1, -0.05) is 43.7 Å². The maximum Gasteiger partial charge on any atom is 0.245 e. The van der Waals surface area contributed by atoms with Gasteiger partial charge in [0.1, 0.15) is 5.82 Å². The Hall–Kier alpha value is -2.67. The van der Waals surface area contributed by atoms with E-state index in [1.165, 1.54) is 5.56 Å². The summed E-state index contributed by atoms with van der Waals surface area (Å²) < 4.78 is 8.28. The van der Waals surface area contributed by atoms with Crippen LogP contribution in [0.15, 0.2) is 30.3 Å². The molecule has 0 unspecified atom stereocenters. The average Bonchev–Trinajstić information content (AvgIpc) is 3.09. The first-order valence-corrected chi connectivity index (χ1v) is 11.4. The molecule has 0 aliphatic rings. The van der Waals surface area contributed by atoms with Crippen molar-refractivity contribution in [3.05, 3.63) is 41.7 Å². The van der Waals surface area contributed by atoms with E-state index in [0.29, 0.717) is 18.1 Å². The van der Waals surface area contributed by atoms with Crippen LogP contribution in [0.4, 0.5) is 5.95 Å². The Bertz CT molecular complexity index is 938. The van der Waals surface area contributed by atoms with E-state index in [0.717, 1.165) is 69.4 Å². The molecule has 7 heteroatoms. The minimum Gasteiger partial charge on any atom is -0.476 e. The van der Waals surface area contributed by atoms with E-state index in [9.17, 15) is 0 Å². The van der Waals surface area contributed by atoms with Gasteiger partial charge in [-0.05, 0) is 58.3 Å². The van der Waals surface area contributed by atoms with E-state index in [2.05, 4.69) is 70.8 Å². The highest BCUT2D eigenvalue weighted by molar-refractivity contribution is 5.78. The van der Waals surface area contributed by atoms with Gasteiger partial charge in [-0.25, -0.2) is 4.98 Å². The number of aryl methyl sites for hydroxylation is 3. The van der Waals surface area contributed by atoms with Crippen LogP contribution in [0.3, 0.4) is 0 Å². The van der Waals surface area contributed by atoms with E-state index in [1.54, 1.807) is 0 Å². The van der Waals surface area contributed by atoms with Gasteiger partial charge < -0.3 is 19.9 Å². The number of fused-ring (bicyclic) bond motifs is 1. The third-order valence-corrected chi connectivity index (χ3v) is 5.35. The third-order valence-electron chi connectivity index (χ3n) is 5.35. The molecule has 2 heterocycles. The SMILES string of the molecule is CCCCOc1nc(N)nc2nc(CCCCN(C)C)n(CCCc3ccccc3)c12. The van der Waals surface area contributed by atoms with Crippen molar-refractivity contribution in [3.63, 3.8) is 0 Å². The summed E-state index contributed by atoms with van der Waals surface area (Å²) in [6.45, 7) is 4.70. The highest BCUT2D eigenvalue weighted by Crippen LogP contribution is 2.26. The van der Waals surface area contributed by atoms with Gasteiger partial charge in [0.15, 0.2) is 11.2 Å². The zero-order chi connectivity index (χ0) is 22.1. The summed E-state index contributed by atoms with van der Waals surface area (Å²) >= 11 is 0. The van der Waals surface area contributed by atoms with Crippen LogP contribution < -0.4 is 10.5 Å². The summed E-state index contributed by atoms with van der Waals surface area (Å²) in [5.74, 6) is 1.82. The zero-order valence-corrected chi connectivity index (χ0v) is 19.2. The average molecular weight is 425 g/mol. The number of nitrogens with zero attached hydrogens (tertiary/aromatic N) is 5. The highest BCUT2D eigenvalue weighted by atomic mass is 16.5. The summed E-state index contributed by atoms with van der Waals surface area (Å²) in [6, 6.07) is 10.6. The molecule has 31 heavy (non-hydrogen) atoms. The van der Waals surface area contributed by atoms with E-state index >= 15 is 0 Å². The van der Waals surface area contributed by atoms with E-state index in [-0.39, 0.29) is 5.95 Å². The van der Waals surface area contributed by atoms with E-state index < -0.39 is 0 Å². The molecule has 0 atom stereocenters. The van der Waals surface area contributed by atoms with Gasteiger partial charge in [0.05, 0.1) is 6.61 Å². The van der Waals surface area contributed by atoms with Gasteiger partial charge in [-0.3, -0.25) is 0 Å². The number of aromatic nitrogens is 4. The van der Waals surface area contributed by atoms with Crippen molar-refractivity contribution in [2.24, 2.45) is 0 Å². The quantitative estimate of drug-likeness (QED) is 0.416. The fourth-order valence-electron chi connectivity index (χ4n) is 3.71. The number of hydrogen-bond acceptors (Lipinski definition) is 6. The Morgan fingerprint density at radius 3 is 2.52 bits per heavy atom. The summed E-state index contributed by atoms with van der Waals surface area (Å²) in [5, 5.41) is 0. The monoisotopic (exact) mass is 424 g/mol. The Kier molecular flexibility index (Phi) is 8.64. The van der Waals surface area contributed by atoms with Gasteiger partial charge in [-0.2, -0.15) is 9.97 Å². The smallest absolute Gasteiger partial charge is 0.245 e. The second-order valence-electron chi connectivity index (χ2n) is 8.29. The molecule has 3 aromatic rings. The molecule has 0 radical (unpaired) electrons. The number of ether oxygens (including phenoxy) is 1. The lowest BCUT2D eigenvalue weighted by atomic mass is 10.1. The molecule has 0 saturated heterocycles. The lowest BCUT2D eigenvalue weighted by Gasteiger charge is -2.13. The highest BCUT2D eigenvalue weighted by Gasteiger charge is 2.18. The van der Waals surface area contributed by atoms with Crippen molar-refractivity contribution in [2.45, 2.75) is 58.4 Å². The summed E-state index contributed by atoms with van der Waals surface area (Å²) in [5.41, 5.74) is 8.82. The molecule has 2 aromatic heterocycles. The predicted octanol–water partition coefficient (Wildman–Crippen LogP) is 4.10. The number of nitrogen functional groups attached to an aromatic ring is 1. The van der Waals surface area contributed by atoms with Crippen molar-refractivity contribution >= 4 is 17.1 Å². The molecule has 0 amide bonds. The number of benzene rings is 1. The normalized spacial score (nSPS) is 11.5. The number of hydrogen-bond donors (Lipinski definition) is 1. The summed E-state index contributed by atoms with van der Waals surface area (Å²) in [7, 11) is 4.22. The van der Waals surface area contributed by atoms with Crippen LogP contribution in [0.2, 0.25) is 0 Å². The molecular formula is C24H36N6O. The molecule has 0 bridgehead atoms. The van der Waals surface area contributed by atoms with Crippen molar-refractivity contribution in [2.75, 3.05) is 33.0 Å². The largest absolute Gasteiger partial charge is 0.476 e. The van der Waals surface area contributed by atoms with Gasteiger partial charge in [0.2, 0.25) is 11.8 Å². The molecule has 0 fully saturated rings. The van der Waals surface area contributed by atoms with Crippen molar-refractivity contribution in [1.82, 2.24) is 24.4 Å². The minimum atomic E-state index is 0.215. The van der Waals surface area contributed by atoms with Crippen molar-refractivity contribution < 1.29 is 4.74 Å². The zero-order valence-electron chi connectivity index (χ0n) is 19.2. The van der Waals surface area contributed by atoms with Crippen molar-refractivity contribution in [3.8, 4) is 5.88 Å². The van der Waals surface area contributed by atoms with Crippen LogP contribution in [0.5, 0.6) is 5.88 Å².